The van der Waals surface area contributed by atoms with E-state index < -0.39 is 19.1 Å². The number of alkyl halides is 2. The van der Waals surface area contributed by atoms with Gasteiger partial charge in [0.2, 0.25) is 0 Å². The number of aliphatic hydroxyl groups is 1. The summed E-state index contributed by atoms with van der Waals surface area (Å²) in [6.45, 7) is -0.432. The summed E-state index contributed by atoms with van der Waals surface area (Å²) in [7, 11) is 1.45. The van der Waals surface area contributed by atoms with E-state index in [4.69, 9.17) is 23.2 Å². The van der Waals surface area contributed by atoms with Crippen LogP contribution in [0.3, 0.4) is 0 Å². The van der Waals surface area contributed by atoms with Crippen LogP contribution in [0, 0.1) is 0 Å². The standard InChI is InChI=1S/C12H15Cl2F2N3O.HI/c1-17-12(19-6-11(15)16)18-5-10(20)7-2-8(13)4-9(14)3-7;/h2-4,10-11,20H,5-6H2,1H3,(H2,17,18,19);1H. The first-order chi connectivity index (χ1) is 9.42. The fraction of sp³-hybridized carbons (Fsp3) is 0.417. The summed E-state index contributed by atoms with van der Waals surface area (Å²) in [5, 5.41) is 16.0. The second-order valence-electron chi connectivity index (χ2n) is 3.94. The van der Waals surface area contributed by atoms with Crippen molar-refractivity contribution in [2.45, 2.75) is 12.5 Å². The van der Waals surface area contributed by atoms with Gasteiger partial charge in [-0.2, -0.15) is 0 Å². The molecule has 1 atom stereocenters. The van der Waals surface area contributed by atoms with Crippen LogP contribution < -0.4 is 10.6 Å². The SMILES string of the molecule is CN=C(NCC(F)F)NCC(O)c1cc(Cl)cc(Cl)c1.I. The zero-order chi connectivity index (χ0) is 15.1. The van der Waals surface area contributed by atoms with Crippen LogP contribution >= 0.6 is 47.2 Å². The van der Waals surface area contributed by atoms with E-state index in [1.807, 2.05) is 0 Å². The largest absolute Gasteiger partial charge is 0.387 e. The van der Waals surface area contributed by atoms with E-state index in [9.17, 15) is 13.9 Å². The molecule has 0 aliphatic carbocycles. The van der Waals surface area contributed by atoms with Crippen LogP contribution in [0.25, 0.3) is 0 Å². The molecule has 4 nitrogen and oxygen atoms in total. The van der Waals surface area contributed by atoms with Gasteiger partial charge in [0.25, 0.3) is 6.43 Å². The number of benzene rings is 1. The number of rotatable bonds is 5. The number of nitrogens with one attached hydrogen (secondary N) is 2. The minimum atomic E-state index is -2.48. The number of hydrogen-bond acceptors (Lipinski definition) is 2. The van der Waals surface area contributed by atoms with Gasteiger partial charge in [-0.15, -0.1) is 24.0 Å². The quantitative estimate of drug-likeness (QED) is 0.365. The van der Waals surface area contributed by atoms with Crippen molar-refractivity contribution in [1.82, 2.24) is 10.6 Å². The van der Waals surface area contributed by atoms with E-state index in [2.05, 4.69) is 15.6 Å². The zero-order valence-electron chi connectivity index (χ0n) is 11.1. The molecule has 0 bridgehead atoms. The van der Waals surface area contributed by atoms with E-state index in [0.29, 0.717) is 15.6 Å². The highest BCUT2D eigenvalue weighted by molar-refractivity contribution is 14.0. The Balaban J connectivity index is 0.00000400. The maximum absolute atomic E-state index is 12.1. The van der Waals surface area contributed by atoms with Crippen molar-refractivity contribution in [3.63, 3.8) is 0 Å². The summed E-state index contributed by atoms with van der Waals surface area (Å²) in [6.07, 6.45) is -3.37. The van der Waals surface area contributed by atoms with Crippen molar-refractivity contribution < 1.29 is 13.9 Å². The number of halogens is 5. The molecule has 0 aromatic heterocycles. The molecule has 120 valence electrons. The Hall–Kier alpha value is -0.380. The van der Waals surface area contributed by atoms with Crippen molar-refractivity contribution in [2.24, 2.45) is 4.99 Å². The lowest BCUT2D eigenvalue weighted by Gasteiger charge is -2.16. The average molecular weight is 454 g/mol. The fourth-order valence-electron chi connectivity index (χ4n) is 1.47. The van der Waals surface area contributed by atoms with Crippen LogP contribution in [-0.4, -0.2) is 37.6 Å². The first-order valence-electron chi connectivity index (χ1n) is 5.79. The molecule has 1 unspecified atom stereocenters. The van der Waals surface area contributed by atoms with Gasteiger partial charge in [0.1, 0.15) is 0 Å². The molecule has 1 aromatic carbocycles. The number of hydrogen-bond donors (Lipinski definition) is 3. The molecule has 0 spiro atoms. The molecule has 9 heteroatoms. The van der Waals surface area contributed by atoms with E-state index in [0.717, 1.165) is 0 Å². The Kier molecular flexibility index (Phi) is 10.2. The Bertz CT molecular complexity index is 458. The predicted octanol–water partition coefficient (Wildman–Crippen LogP) is 3.07. The highest BCUT2D eigenvalue weighted by Crippen LogP contribution is 2.23. The number of aliphatic hydroxyl groups excluding tert-OH is 1. The topological polar surface area (TPSA) is 56.7 Å². The fourth-order valence-corrected chi connectivity index (χ4v) is 2.02. The van der Waals surface area contributed by atoms with Crippen LogP contribution in [0.1, 0.15) is 11.7 Å². The van der Waals surface area contributed by atoms with E-state index >= 15 is 0 Å². The first kappa shape index (κ1) is 20.6. The molecule has 1 aromatic rings. The molecule has 3 N–H and O–H groups in total. The van der Waals surface area contributed by atoms with Crippen LogP contribution in [0.2, 0.25) is 10.0 Å². The van der Waals surface area contributed by atoms with Gasteiger partial charge in [-0.25, -0.2) is 8.78 Å². The number of aliphatic imine (C=N–C) groups is 1. The maximum Gasteiger partial charge on any atom is 0.255 e. The van der Waals surface area contributed by atoms with E-state index in [1.54, 1.807) is 18.2 Å². The molecule has 0 aliphatic rings. The monoisotopic (exact) mass is 453 g/mol. The van der Waals surface area contributed by atoms with Crippen LogP contribution in [-0.2, 0) is 0 Å². The lowest BCUT2D eigenvalue weighted by molar-refractivity contribution is 0.151. The number of nitrogens with zero attached hydrogens (tertiary/aromatic N) is 1. The third-order valence-corrected chi connectivity index (χ3v) is 2.82. The Morgan fingerprint density at radius 3 is 2.19 bits per heavy atom. The van der Waals surface area contributed by atoms with Gasteiger partial charge in [-0.05, 0) is 23.8 Å². The van der Waals surface area contributed by atoms with Crippen LogP contribution in [0.5, 0.6) is 0 Å². The Labute approximate surface area is 148 Å². The molecule has 0 saturated carbocycles. The summed E-state index contributed by atoms with van der Waals surface area (Å²) in [5.74, 6) is 0.178. The molecule has 0 aliphatic heterocycles. The molecule has 21 heavy (non-hydrogen) atoms. The maximum atomic E-state index is 12.1. The van der Waals surface area contributed by atoms with Crippen molar-refractivity contribution in [3.05, 3.63) is 33.8 Å². The summed E-state index contributed by atoms with van der Waals surface area (Å²) >= 11 is 11.7. The average Bonchev–Trinajstić information content (AvgIpc) is 2.37. The van der Waals surface area contributed by atoms with Gasteiger partial charge in [0.15, 0.2) is 5.96 Å². The van der Waals surface area contributed by atoms with E-state index in [1.165, 1.54) is 7.05 Å². The second kappa shape index (κ2) is 10.4. The summed E-state index contributed by atoms with van der Waals surface area (Å²) in [4.78, 5) is 3.76. The minimum absolute atomic E-state index is 0. The van der Waals surface area contributed by atoms with Gasteiger partial charge in [-0.1, -0.05) is 23.2 Å². The first-order valence-corrected chi connectivity index (χ1v) is 6.54. The van der Waals surface area contributed by atoms with Gasteiger partial charge in [-0.3, -0.25) is 4.99 Å². The Morgan fingerprint density at radius 2 is 1.71 bits per heavy atom. The van der Waals surface area contributed by atoms with Crippen LogP contribution in [0.15, 0.2) is 23.2 Å². The van der Waals surface area contributed by atoms with Crippen molar-refractivity contribution >= 4 is 53.1 Å². The predicted molar refractivity (Wildman–Crippen MR) is 92.2 cm³/mol. The highest BCUT2D eigenvalue weighted by Gasteiger charge is 2.11. The summed E-state index contributed by atoms with van der Waals surface area (Å²) in [6, 6.07) is 4.71. The minimum Gasteiger partial charge on any atom is -0.387 e. The molecule has 0 saturated heterocycles. The third-order valence-electron chi connectivity index (χ3n) is 2.38. The van der Waals surface area contributed by atoms with Crippen LogP contribution in [0.4, 0.5) is 8.78 Å². The third kappa shape index (κ3) is 7.98. The zero-order valence-corrected chi connectivity index (χ0v) is 15.0. The Morgan fingerprint density at radius 1 is 1.19 bits per heavy atom. The lowest BCUT2D eigenvalue weighted by Crippen LogP contribution is -2.41. The normalized spacial score (nSPS) is 12.8. The lowest BCUT2D eigenvalue weighted by atomic mass is 10.1. The molecule has 0 amide bonds. The van der Waals surface area contributed by atoms with E-state index in [-0.39, 0.29) is 36.5 Å². The highest BCUT2D eigenvalue weighted by atomic mass is 127. The number of guanidine groups is 1. The molecule has 0 fully saturated rings. The molecule has 0 heterocycles. The van der Waals surface area contributed by atoms with Gasteiger partial charge in [0, 0.05) is 23.6 Å². The van der Waals surface area contributed by atoms with Gasteiger partial charge < -0.3 is 15.7 Å². The molecular formula is C12H16Cl2F2IN3O. The van der Waals surface area contributed by atoms with Crippen molar-refractivity contribution in [1.29, 1.82) is 0 Å². The second-order valence-corrected chi connectivity index (χ2v) is 4.82. The van der Waals surface area contributed by atoms with Gasteiger partial charge >= 0.3 is 0 Å². The van der Waals surface area contributed by atoms with Crippen molar-refractivity contribution in [2.75, 3.05) is 20.1 Å². The summed E-state index contributed by atoms with van der Waals surface area (Å²) < 4.78 is 24.1. The molecule has 0 radical (unpaired) electrons. The molecular weight excluding hydrogens is 438 g/mol. The summed E-state index contributed by atoms with van der Waals surface area (Å²) in [5.41, 5.74) is 0.527. The van der Waals surface area contributed by atoms with Crippen molar-refractivity contribution in [3.8, 4) is 0 Å². The smallest absolute Gasteiger partial charge is 0.255 e. The van der Waals surface area contributed by atoms with Gasteiger partial charge in [0.05, 0.1) is 12.6 Å². The molecule has 1 rings (SSSR count).